The van der Waals surface area contributed by atoms with Gasteiger partial charge in [0.2, 0.25) is 0 Å². The molecular formula is C17H21BrN6O11. The highest BCUT2D eigenvalue weighted by Gasteiger charge is 2.19. The van der Waals surface area contributed by atoms with Crippen LogP contribution >= 0.6 is 15.9 Å². The zero-order chi connectivity index (χ0) is 27.5. The quantitative estimate of drug-likeness (QED) is 0.193. The van der Waals surface area contributed by atoms with Gasteiger partial charge in [-0.3, -0.25) is 53.5 Å². The number of ketones is 1. The minimum absolute atomic E-state index is 0.206. The second-order valence-electron chi connectivity index (χ2n) is 6.34. The lowest BCUT2D eigenvalue weighted by Gasteiger charge is -2.04. The van der Waals surface area contributed by atoms with E-state index in [2.05, 4.69) is 20.7 Å². The van der Waals surface area contributed by atoms with Crippen LogP contribution in [-0.4, -0.2) is 52.2 Å². The monoisotopic (exact) mass is 564 g/mol. The smallest absolute Gasteiger partial charge is 0.350 e. The van der Waals surface area contributed by atoms with Crippen LogP contribution in [0.15, 0.2) is 31.6 Å². The first-order chi connectivity index (χ1) is 16.2. The Morgan fingerprint density at radius 2 is 1.54 bits per heavy atom. The molecule has 0 amide bonds. The third-order valence-corrected chi connectivity index (χ3v) is 4.05. The van der Waals surface area contributed by atoms with Crippen LogP contribution in [0.25, 0.3) is 0 Å². The average Bonchev–Trinajstić information content (AvgIpc) is 2.76. The van der Waals surface area contributed by atoms with E-state index in [1.54, 1.807) is 11.9 Å². The molecule has 0 aliphatic rings. The number of nitro groups is 2. The number of nitrogens with one attached hydrogen (secondary N) is 1. The highest BCUT2D eigenvalue weighted by atomic mass is 79.9. The van der Waals surface area contributed by atoms with E-state index in [0.717, 1.165) is 21.5 Å². The van der Waals surface area contributed by atoms with Gasteiger partial charge in [0.25, 0.3) is 0 Å². The lowest BCUT2D eigenvalue weighted by atomic mass is 10.4. The van der Waals surface area contributed by atoms with E-state index in [9.17, 15) is 49.0 Å². The molecule has 0 unspecified atom stereocenters. The molecule has 0 aliphatic carbocycles. The van der Waals surface area contributed by atoms with Crippen LogP contribution in [0.4, 0.5) is 11.4 Å². The molecule has 0 bridgehead atoms. The number of rotatable bonds is 6. The Labute approximate surface area is 203 Å². The summed E-state index contributed by atoms with van der Waals surface area (Å²) in [6.45, 7) is 2.96. The Hall–Kier alpha value is -4.22. The SMILES string of the molecule is CC(=O)Cn1c(=O)c([N+](=O)[O-])cn(C)c1=O.CCOC(=O)CBr.Cn1cc([N+](=O)[O-])c(=O)[nH]c1=O. The molecule has 2 heterocycles. The summed E-state index contributed by atoms with van der Waals surface area (Å²) in [5.74, 6) is -0.637. The van der Waals surface area contributed by atoms with E-state index in [-0.39, 0.29) is 5.97 Å². The number of aromatic nitrogens is 4. The number of esters is 1. The summed E-state index contributed by atoms with van der Waals surface area (Å²) >= 11 is 2.94. The number of Topliss-reactive ketones (excluding diaryl/α,β-unsaturated/α-hetero) is 1. The van der Waals surface area contributed by atoms with Crippen molar-refractivity contribution in [1.29, 1.82) is 0 Å². The summed E-state index contributed by atoms with van der Waals surface area (Å²) in [5.41, 5.74) is -4.86. The van der Waals surface area contributed by atoms with Crippen molar-refractivity contribution < 1.29 is 24.2 Å². The molecule has 0 aliphatic heterocycles. The van der Waals surface area contributed by atoms with E-state index in [4.69, 9.17) is 0 Å². The van der Waals surface area contributed by atoms with Gasteiger partial charge in [-0.1, -0.05) is 15.9 Å². The van der Waals surface area contributed by atoms with Crippen molar-refractivity contribution >= 4 is 39.1 Å². The van der Waals surface area contributed by atoms with Crippen LogP contribution in [0.3, 0.4) is 0 Å². The fraction of sp³-hybridized carbons (Fsp3) is 0.412. The number of nitrogens with zero attached hydrogens (tertiary/aromatic N) is 5. The molecule has 17 nitrogen and oxygen atoms in total. The van der Waals surface area contributed by atoms with Crippen LogP contribution in [0.5, 0.6) is 0 Å². The molecule has 18 heteroatoms. The highest BCUT2D eigenvalue weighted by Crippen LogP contribution is 1.99. The number of hydrogen-bond acceptors (Lipinski definition) is 11. The maximum Gasteiger partial charge on any atom is 0.350 e. The molecule has 0 saturated heterocycles. The predicted molar refractivity (Wildman–Crippen MR) is 123 cm³/mol. The zero-order valence-corrected chi connectivity index (χ0v) is 20.5. The first-order valence-corrected chi connectivity index (χ1v) is 10.4. The summed E-state index contributed by atoms with van der Waals surface area (Å²) in [7, 11) is 2.58. The average molecular weight is 565 g/mol. The molecule has 0 saturated carbocycles. The molecule has 192 valence electrons. The Morgan fingerprint density at radius 3 is 1.94 bits per heavy atom. The van der Waals surface area contributed by atoms with Gasteiger partial charge in [-0.05, 0) is 13.8 Å². The third-order valence-electron chi connectivity index (χ3n) is 3.59. The molecule has 0 aromatic carbocycles. The van der Waals surface area contributed by atoms with Crippen LogP contribution in [0.1, 0.15) is 13.8 Å². The Kier molecular flexibility index (Phi) is 12.4. The molecule has 35 heavy (non-hydrogen) atoms. The van der Waals surface area contributed by atoms with E-state index in [1.165, 1.54) is 21.0 Å². The highest BCUT2D eigenvalue weighted by molar-refractivity contribution is 9.09. The second kappa shape index (κ2) is 14.1. The van der Waals surface area contributed by atoms with Gasteiger partial charge in [0.1, 0.15) is 11.1 Å². The number of aromatic amines is 1. The first-order valence-electron chi connectivity index (χ1n) is 9.28. The first kappa shape index (κ1) is 30.8. The van der Waals surface area contributed by atoms with Crippen LogP contribution in [-0.2, 0) is 35.0 Å². The summed E-state index contributed by atoms with van der Waals surface area (Å²) in [6, 6.07) is 0. The number of halogens is 1. The number of aryl methyl sites for hydroxylation is 2. The number of hydrogen-bond donors (Lipinski definition) is 1. The van der Waals surface area contributed by atoms with E-state index >= 15 is 0 Å². The van der Waals surface area contributed by atoms with Crippen molar-refractivity contribution in [3.8, 4) is 0 Å². The van der Waals surface area contributed by atoms with Crippen LogP contribution in [0.2, 0.25) is 0 Å². The minimum Gasteiger partial charge on any atom is -0.465 e. The van der Waals surface area contributed by atoms with Crippen molar-refractivity contribution in [3.63, 3.8) is 0 Å². The van der Waals surface area contributed by atoms with Crippen molar-refractivity contribution in [1.82, 2.24) is 18.7 Å². The molecule has 2 aromatic heterocycles. The molecule has 2 aromatic rings. The summed E-state index contributed by atoms with van der Waals surface area (Å²) in [6.07, 6.45) is 1.71. The van der Waals surface area contributed by atoms with E-state index < -0.39 is 56.0 Å². The molecule has 0 radical (unpaired) electrons. The summed E-state index contributed by atoms with van der Waals surface area (Å²) in [5, 5.41) is 21.0. The summed E-state index contributed by atoms with van der Waals surface area (Å²) < 4.78 is 6.87. The molecule has 0 atom stereocenters. The number of alkyl halides is 1. The zero-order valence-electron chi connectivity index (χ0n) is 18.9. The van der Waals surface area contributed by atoms with Crippen molar-refractivity contribution in [2.45, 2.75) is 20.4 Å². The normalized spacial score (nSPS) is 9.63. The van der Waals surface area contributed by atoms with Gasteiger partial charge in [-0.2, -0.15) is 0 Å². The maximum absolute atomic E-state index is 11.5. The van der Waals surface area contributed by atoms with Gasteiger partial charge >= 0.3 is 39.8 Å². The van der Waals surface area contributed by atoms with Gasteiger partial charge in [0.05, 0.1) is 35.4 Å². The Morgan fingerprint density at radius 1 is 1.03 bits per heavy atom. The molecule has 0 spiro atoms. The van der Waals surface area contributed by atoms with Gasteiger partial charge in [0.15, 0.2) is 0 Å². The Bertz CT molecular complexity index is 1340. The number of carbonyl (C=O) groups excluding carboxylic acids is 2. The van der Waals surface area contributed by atoms with Crippen molar-refractivity contribution in [2.24, 2.45) is 14.1 Å². The van der Waals surface area contributed by atoms with Crippen LogP contribution < -0.4 is 22.5 Å². The van der Waals surface area contributed by atoms with E-state index in [1.807, 2.05) is 0 Å². The van der Waals surface area contributed by atoms with Crippen molar-refractivity contribution in [3.05, 3.63) is 74.3 Å². The lowest BCUT2D eigenvalue weighted by Crippen LogP contribution is -2.40. The number of carbonyl (C=O) groups is 2. The van der Waals surface area contributed by atoms with Crippen LogP contribution in [0, 0.1) is 20.2 Å². The maximum atomic E-state index is 11.5. The Balaban J connectivity index is 0.000000537. The fourth-order valence-electron chi connectivity index (χ4n) is 2.08. The van der Waals surface area contributed by atoms with Crippen molar-refractivity contribution in [2.75, 3.05) is 11.9 Å². The van der Waals surface area contributed by atoms with Gasteiger partial charge in [-0.15, -0.1) is 0 Å². The lowest BCUT2D eigenvalue weighted by molar-refractivity contribution is -0.387. The predicted octanol–water partition coefficient (Wildman–Crippen LogP) is -1.03. The molecule has 2 rings (SSSR count). The fourth-order valence-corrected chi connectivity index (χ4v) is 2.24. The molecule has 0 fully saturated rings. The third kappa shape index (κ3) is 9.66. The minimum atomic E-state index is -1.07. The van der Waals surface area contributed by atoms with Gasteiger partial charge in [-0.25, -0.2) is 14.2 Å². The molecular weight excluding hydrogens is 544 g/mol. The van der Waals surface area contributed by atoms with Gasteiger partial charge in [0, 0.05) is 14.1 Å². The standard InChI is InChI=1S/C8H9N3O5.C5H5N3O4.C4H7BrO2/c1-5(12)3-10-7(13)6(11(15)16)4-9(2)8(10)14;1-7-2-3(8(11)12)4(9)6-5(7)10;1-2-7-4(6)3-5/h4H,3H2,1-2H3;2H,1H3,(H,6,9,10);2-3H2,1H3. The number of H-pyrrole nitrogens is 1. The second-order valence-corrected chi connectivity index (χ2v) is 6.90. The van der Waals surface area contributed by atoms with Gasteiger partial charge < -0.3 is 4.74 Å². The summed E-state index contributed by atoms with van der Waals surface area (Å²) in [4.78, 5) is 86.1. The number of ether oxygens (including phenoxy) is 1. The molecule has 1 N–H and O–H groups in total. The largest absolute Gasteiger partial charge is 0.465 e. The topological polar surface area (TPSA) is 229 Å². The van der Waals surface area contributed by atoms with E-state index in [0.29, 0.717) is 16.5 Å².